The average Bonchev–Trinajstić information content (AvgIpc) is 2.92. The summed E-state index contributed by atoms with van der Waals surface area (Å²) in [5, 5.41) is 6.10. The fourth-order valence-corrected chi connectivity index (χ4v) is 1.93. The highest BCUT2D eigenvalue weighted by molar-refractivity contribution is 6.30. The summed E-state index contributed by atoms with van der Waals surface area (Å²) < 4.78 is 0. The van der Waals surface area contributed by atoms with E-state index in [4.69, 9.17) is 11.6 Å². The van der Waals surface area contributed by atoms with Gasteiger partial charge in [0.1, 0.15) is 5.69 Å². The molecule has 116 valence electrons. The van der Waals surface area contributed by atoms with Crippen LogP contribution < -0.4 is 10.6 Å². The van der Waals surface area contributed by atoms with Crippen molar-refractivity contribution in [1.29, 1.82) is 0 Å². The Hall–Kier alpha value is -2.27. The third kappa shape index (κ3) is 4.36. The molecule has 0 fully saturated rings. The zero-order valence-corrected chi connectivity index (χ0v) is 13.2. The number of carbonyl (C=O) groups excluding carboxylic acids is 2. The van der Waals surface area contributed by atoms with Crippen LogP contribution in [0.4, 0.5) is 5.69 Å². The highest BCUT2D eigenvalue weighted by Gasteiger charge is 2.08. The molecule has 0 saturated heterocycles. The minimum Gasteiger partial charge on any atom is -0.356 e. The number of hydrogen-bond donors (Lipinski definition) is 3. The van der Waals surface area contributed by atoms with Crippen LogP contribution in [0.25, 0.3) is 0 Å². The van der Waals surface area contributed by atoms with Crippen LogP contribution in [0.1, 0.15) is 29.9 Å². The first kappa shape index (κ1) is 16.1. The molecular formula is C16H18ClN3O2. The minimum absolute atomic E-state index is 0.0234. The Morgan fingerprint density at radius 1 is 1.23 bits per heavy atom. The normalized spacial score (nSPS) is 10.5. The monoisotopic (exact) mass is 319 g/mol. The Balaban J connectivity index is 1.89. The summed E-state index contributed by atoms with van der Waals surface area (Å²) in [6.07, 6.45) is 1.56. The van der Waals surface area contributed by atoms with Crippen molar-refractivity contribution in [3.63, 3.8) is 0 Å². The summed E-state index contributed by atoms with van der Waals surface area (Å²) in [5.74, 6) is -0.305. The van der Waals surface area contributed by atoms with Gasteiger partial charge in [0.15, 0.2) is 0 Å². The van der Waals surface area contributed by atoms with Crippen LogP contribution in [0, 0.1) is 5.92 Å². The molecular weight excluding hydrogens is 302 g/mol. The third-order valence-corrected chi connectivity index (χ3v) is 3.31. The van der Waals surface area contributed by atoms with E-state index in [-0.39, 0.29) is 17.7 Å². The maximum Gasteiger partial charge on any atom is 0.268 e. The number of amides is 2. The molecule has 2 amide bonds. The van der Waals surface area contributed by atoms with E-state index in [9.17, 15) is 9.59 Å². The molecule has 3 N–H and O–H groups in total. The van der Waals surface area contributed by atoms with Crippen LogP contribution in [0.15, 0.2) is 36.5 Å². The van der Waals surface area contributed by atoms with Gasteiger partial charge in [0.05, 0.1) is 5.02 Å². The van der Waals surface area contributed by atoms with Gasteiger partial charge in [0, 0.05) is 24.3 Å². The number of aromatic amines is 1. The molecule has 0 spiro atoms. The van der Waals surface area contributed by atoms with Gasteiger partial charge in [-0.2, -0.15) is 0 Å². The summed E-state index contributed by atoms with van der Waals surface area (Å²) >= 11 is 5.76. The predicted molar refractivity (Wildman–Crippen MR) is 86.9 cm³/mol. The van der Waals surface area contributed by atoms with Crippen LogP contribution in [-0.2, 0) is 11.3 Å². The van der Waals surface area contributed by atoms with Crippen LogP contribution >= 0.6 is 11.6 Å². The standard InChI is InChI=1S/C16H18ClN3O2/c1-10(2)15(21)20-13-5-3-11(4-6-13)8-19-16(22)14-7-12(17)9-18-14/h3-7,9-10,18H,8H2,1-2H3,(H,19,22)(H,20,21). The second-order valence-electron chi connectivity index (χ2n) is 5.26. The first-order valence-electron chi connectivity index (χ1n) is 6.97. The number of carbonyl (C=O) groups is 2. The molecule has 1 heterocycles. The van der Waals surface area contributed by atoms with E-state index in [0.29, 0.717) is 17.3 Å². The van der Waals surface area contributed by atoms with E-state index >= 15 is 0 Å². The van der Waals surface area contributed by atoms with Crippen molar-refractivity contribution in [2.45, 2.75) is 20.4 Å². The lowest BCUT2D eigenvalue weighted by molar-refractivity contribution is -0.118. The summed E-state index contributed by atoms with van der Waals surface area (Å²) in [4.78, 5) is 26.2. The van der Waals surface area contributed by atoms with Gasteiger partial charge in [-0.05, 0) is 23.8 Å². The van der Waals surface area contributed by atoms with E-state index in [0.717, 1.165) is 11.3 Å². The van der Waals surface area contributed by atoms with E-state index in [1.54, 1.807) is 12.3 Å². The lowest BCUT2D eigenvalue weighted by Crippen LogP contribution is -2.23. The van der Waals surface area contributed by atoms with Gasteiger partial charge < -0.3 is 15.6 Å². The maximum atomic E-state index is 11.9. The van der Waals surface area contributed by atoms with E-state index < -0.39 is 0 Å². The molecule has 0 saturated carbocycles. The smallest absolute Gasteiger partial charge is 0.268 e. The molecule has 0 bridgehead atoms. The second kappa shape index (κ2) is 7.13. The van der Waals surface area contributed by atoms with Gasteiger partial charge in [-0.1, -0.05) is 37.6 Å². The molecule has 0 aliphatic rings. The molecule has 0 aliphatic heterocycles. The van der Waals surface area contributed by atoms with Crippen molar-refractivity contribution < 1.29 is 9.59 Å². The third-order valence-electron chi connectivity index (χ3n) is 3.09. The molecule has 0 aliphatic carbocycles. The largest absolute Gasteiger partial charge is 0.356 e. The van der Waals surface area contributed by atoms with E-state index in [2.05, 4.69) is 15.6 Å². The van der Waals surface area contributed by atoms with Gasteiger partial charge in [-0.25, -0.2) is 0 Å². The lowest BCUT2D eigenvalue weighted by atomic mass is 10.1. The van der Waals surface area contributed by atoms with Crippen LogP contribution in [0.2, 0.25) is 5.02 Å². The summed E-state index contributed by atoms with van der Waals surface area (Å²) in [6.45, 7) is 4.08. The SMILES string of the molecule is CC(C)C(=O)Nc1ccc(CNC(=O)c2cc(Cl)c[nH]2)cc1. The van der Waals surface area contributed by atoms with E-state index in [1.165, 1.54) is 0 Å². The molecule has 0 atom stereocenters. The van der Waals surface area contributed by atoms with Gasteiger partial charge >= 0.3 is 0 Å². The van der Waals surface area contributed by atoms with Crippen LogP contribution in [0.5, 0.6) is 0 Å². The number of rotatable bonds is 5. The highest BCUT2D eigenvalue weighted by atomic mass is 35.5. The molecule has 0 unspecified atom stereocenters. The Morgan fingerprint density at radius 3 is 2.45 bits per heavy atom. The zero-order chi connectivity index (χ0) is 16.1. The zero-order valence-electron chi connectivity index (χ0n) is 12.4. The highest BCUT2D eigenvalue weighted by Crippen LogP contribution is 2.12. The Labute approximate surface area is 134 Å². The van der Waals surface area contributed by atoms with Gasteiger partial charge in [-0.15, -0.1) is 0 Å². The summed E-state index contributed by atoms with van der Waals surface area (Å²) in [7, 11) is 0. The number of H-pyrrole nitrogens is 1. The van der Waals surface area contributed by atoms with Crippen molar-refractivity contribution in [2.75, 3.05) is 5.32 Å². The molecule has 2 rings (SSSR count). The molecule has 2 aromatic rings. The first-order valence-corrected chi connectivity index (χ1v) is 7.35. The van der Waals surface area contributed by atoms with Crippen molar-refractivity contribution in [3.05, 3.63) is 52.8 Å². The van der Waals surface area contributed by atoms with Gasteiger partial charge in [0.25, 0.3) is 5.91 Å². The molecule has 0 radical (unpaired) electrons. The maximum absolute atomic E-state index is 11.9. The fraction of sp³-hybridized carbons (Fsp3) is 0.250. The molecule has 6 heteroatoms. The van der Waals surface area contributed by atoms with Crippen LogP contribution in [-0.4, -0.2) is 16.8 Å². The molecule has 5 nitrogen and oxygen atoms in total. The lowest BCUT2D eigenvalue weighted by Gasteiger charge is -2.09. The fourth-order valence-electron chi connectivity index (χ4n) is 1.77. The minimum atomic E-state index is -0.218. The predicted octanol–water partition coefficient (Wildman–Crippen LogP) is 3.19. The Morgan fingerprint density at radius 2 is 1.91 bits per heavy atom. The quantitative estimate of drug-likeness (QED) is 0.791. The van der Waals surface area contributed by atoms with Crippen molar-refractivity contribution in [1.82, 2.24) is 10.3 Å². The van der Waals surface area contributed by atoms with Crippen molar-refractivity contribution in [2.24, 2.45) is 5.92 Å². The topological polar surface area (TPSA) is 74.0 Å². The number of aromatic nitrogens is 1. The van der Waals surface area contributed by atoms with Crippen LogP contribution in [0.3, 0.4) is 0 Å². The molecule has 1 aromatic heterocycles. The van der Waals surface area contributed by atoms with Crippen molar-refractivity contribution in [3.8, 4) is 0 Å². The van der Waals surface area contributed by atoms with Crippen molar-refractivity contribution >= 4 is 29.1 Å². The van der Waals surface area contributed by atoms with Gasteiger partial charge in [-0.3, -0.25) is 9.59 Å². The van der Waals surface area contributed by atoms with Gasteiger partial charge in [0.2, 0.25) is 5.91 Å². The number of halogens is 1. The average molecular weight is 320 g/mol. The Bertz CT molecular complexity index is 662. The number of hydrogen-bond acceptors (Lipinski definition) is 2. The second-order valence-corrected chi connectivity index (χ2v) is 5.69. The summed E-state index contributed by atoms with van der Waals surface area (Å²) in [6, 6.07) is 8.91. The molecule has 22 heavy (non-hydrogen) atoms. The number of benzene rings is 1. The summed E-state index contributed by atoms with van der Waals surface area (Å²) in [5.41, 5.74) is 2.10. The first-order chi connectivity index (χ1) is 10.5. The number of nitrogens with one attached hydrogen (secondary N) is 3. The van der Waals surface area contributed by atoms with E-state index in [1.807, 2.05) is 38.1 Å². The number of anilines is 1. The molecule has 1 aromatic carbocycles. The Kier molecular flexibility index (Phi) is 5.22.